The van der Waals surface area contributed by atoms with E-state index in [0.29, 0.717) is 24.7 Å². The molecule has 0 saturated carbocycles. The van der Waals surface area contributed by atoms with Crippen LogP contribution < -0.4 is 20.1 Å². The van der Waals surface area contributed by atoms with Crippen molar-refractivity contribution >= 4 is 29.9 Å². The summed E-state index contributed by atoms with van der Waals surface area (Å²) in [7, 11) is 1.65. The lowest BCUT2D eigenvalue weighted by molar-refractivity contribution is -0.0520. The minimum atomic E-state index is -2.94. The van der Waals surface area contributed by atoms with Crippen LogP contribution in [0.2, 0.25) is 0 Å². The van der Waals surface area contributed by atoms with E-state index in [2.05, 4.69) is 32.7 Å². The van der Waals surface area contributed by atoms with Gasteiger partial charge in [0.1, 0.15) is 0 Å². The zero-order chi connectivity index (χ0) is 22.8. The van der Waals surface area contributed by atoms with Crippen molar-refractivity contribution in [1.82, 2.24) is 20.2 Å². The molecule has 0 aliphatic carbocycles. The van der Waals surface area contributed by atoms with Crippen LogP contribution >= 0.6 is 24.0 Å². The zero-order valence-electron chi connectivity index (χ0n) is 18.5. The van der Waals surface area contributed by atoms with Crippen LogP contribution in [0.5, 0.6) is 11.5 Å². The monoisotopic (exact) mass is 571 g/mol. The Morgan fingerprint density at radius 2 is 1.88 bits per heavy atom. The number of nitrogens with one attached hydrogen (secondary N) is 2. The van der Waals surface area contributed by atoms with Gasteiger partial charge in [0, 0.05) is 44.6 Å². The second-order valence-electron chi connectivity index (χ2n) is 6.89. The maximum Gasteiger partial charge on any atom is 0.387 e. The zero-order valence-corrected chi connectivity index (χ0v) is 20.8. The largest absolute Gasteiger partial charge is 0.490 e. The van der Waals surface area contributed by atoms with Gasteiger partial charge in [0.2, 0.25) is 0 Å². The Labute approximate surface area is 209 Å². The molecule has 178 valence electrons. The minimum Gasteiger partial charge on any atom is -0.490 e. The van der Waals surface area contributed by atoms with Crippen molar-refractivity contribution in [2.24, 2.45) is 4.99 Å². The number of alkyl halides is 2. The number of imidazole rings is 1. The fourth-order valence-corrected chi connectivity index (χ4v) is 3.21. The summed E-state index contributed by atoms with van der Waals surface area (Å²) >= 11 is 0. The van der Waals surface area contributed by atoms with Crippen molar-refractivity contribution in [2.45, 2.75) is 33.2 Å². The fourth-order valence-electron chi connectivity index (χ4n) is 3.21. The molecule has 10 heteroatoms. The number of hydrogen-bond donors (Lipinski definition) is 2. The van der Waals surface area contributed by atoms with Crippen molar-refractivity contribution in [3.05, 3.63) is 77.9 Å². The Hall–Kier alpha value is -2.89. The first kappa shape index (κ1) is 26.4. The maximum atomic E-state index is 12.9. The molecular formula is C23H28F2IN5O2. The third-order valence-corrected chi connectivity index (χ3v) is 4.61. The van der Waals surface area contributed by atoms with Crippen molar-refractivity contribution in [3.8, 4) is 11.5 Å². The molecule has 0 aliphatic heterocycles. The van der Waals surface area contributed by atoms with Gasteiger partial charge in [-0.25, -0.2) is 4.98 Å². The van der Waals surface area contributed by atoms with Crippen LogP contribution in [-0.2, 0) is 19.6 Å². The lowest BCUT2D eigenvalue weighted by Crippen LogP contribution is -2.36. The van der Waals surface area contributed by atoms with E-state index >= 15 is 0 Å². The Morgan fingerprint density at radius 3 is 2.58 bits per heavy atom. The summed E-state index contributed by atoms with van der Waals surface area (Å²) in [6, 6.07) is 13.3. The molecule has 1 aromatic heterocycles. The molecule has 2 N–H and O–H groups in total. The van der Waals surface area contributed by atoms with Crippen molar-refractivity contribution in [3.63, 3.8) is 0 Å². The maximum absolute atomic E-state index is 12.9. The average Bonchev–Trinajstić information content (AvgIpc) is 3.29. The topological polar surface area (TPSA) is 72.7 Å². The molecule has 33 heavy (non-hydrogen) atoms. The molecule has 0 aliphatic rings. The van der Waals surface area contributed by atoms with Crippen molar-refractivity contribution in [2.75, 3.05) is 13.7 Å². The Bertz CT molecular complexity index is 1020. The number of aliphatic imine (C=N–C) groups is 1. The highest BCUT2D eigenvalue weighted by Gasteiger charge is 2.16. The molecule has 2 aromatic carbocycles. The molecule has 0 fully saturated rings. The lowest BCUT2D eigenvalue weighted by Gasteiger charge is -2.17. The number of hydrogen-bond acceptors (Lipinski definition) is 4. The first-order valence-corrected chi connectivity index (χ1v) is 10.3. The highest BCUT2D eigenvalue weighted by molar-refractivity contribution is 14.0. The first-order chi connectivity index (χ1) is 15.6. The van der Waals surface area contributed by atoms with Gasteiger partial charge in [0.05, 0.1) is 12.9 Å². The van der Waals surface area contributed by atoms with Crippen LogP contribution in [0.1, 0.15) is 23.6 Å². The Kier molecular flexibility index (Phi) is 10.9. The van der Waals surface area contributed by atoms with Crippen LogP contribution in [0.25, 0.3) is 0 Å². The van der Waals surface area contributed by atoms with Crippen LogP contribution in [0, 0.1) is 0 Å². The third kappa shape index (κ3) is 8.19. The number of guanidine groups is 1. The molecule has 0 saturated heterocycles. The van der Waals surface area contributed by atoms with Gasteiger partial charge in [-0.3, -0.25) is 4.99 Å². The number of rotatable bonds is 10. The minimum absolute atomic E-state index is 0. The van der Waals surface area contributed by atoms with Gasteiger partial charge in [-0.05, 0) is 24.1 Å². The lowest BCUT2D eigenvalue weighted by atomic mass is 10.1. The van der Waals surface area contributed by atoms with E-state index in [4.69, 9.17) is 9.47 Å². The number of halogens is 3. The van der Waals surface area contributed by atoms with Crippen LogP contribution in [0.15, 0.2) is 66.2 Å². The molecular weight excluding hydrogens is 543 g/mol. The molecule has 0 radical (unpaired) electrons. The van der Waals surface area contributed by atoms with Crippen molar-refractivity contribution in [1.29, 1.82) is 0 Å². The van der Waals surface area contributed by atoms with Gasteiger partial charge in [0.15, 0.2) is 17.5 Å². The number of nitrogens with zero attached hydrogens (tertiary/aromatic N) is 3. The predicted octanol–water partition coefficient (Wildman–Crippen LogP) is 4.41. The molecule has 0 atom stereocenters. The number of aromatic nitrogens is 2. The number of ether oxygens (including phenoxy) is 2. The van der Waals surface area contributed by atoms with E-state index in [-0.39, 0.29) is 42.0 Å². The Balaban J connectivity index is 0.00000385. The van der Waals surface area contributed by atoms with E-state index in [9.17, 15) is 8.78 Å². The molecule has 3 rings (SSSR count). The first-order valence-electron chi connectivity index (χ1n) is 10.3. The summed E-state index contributed by atoms with van der Waals surface area (Å²) in [5.41, 5.74) is 2.79. The standard InChI is InChI=1S/C23H27F2N5O2.HI/c1-3-31-20-9-5-8-19(21(20)32-22(24)25)14-29-23(26-2)28-13-17-6-4-7-18(12-17)15-30-11-10-27-16-30;/h4-12,16,22H,3,13-15H2,1-2H3,(H2,26,28,29);1H. The molecule has 3 aromatic rings. The summed E-state index contributed by atoms with van der Waals surface area (Å²) < 4.78 is 38.0. The summed E-state index contributed by atoms with van der Waals surface area (Å²) in [4.78, 5) is 8.28. The van der Waals surface area contributed by atoms with Crippen LogP contribution in [0.4, 0.5) is 8.78 Å². The molecule has 0 bridgehead atoms. The number of para-hydroxylation sites is 1. The normalized spacial score (nSPS) is 11.1. The van der Waals surface area contributed by atoms with Crippen LogP contribution in [-0.4, -0.2) is 35.8 Å². The molecule has 0 unspecified atom stereocenters. The quantitative estimate of drug-likeness (QED) is 0.214. The van der Waals surface area contributed by atoms with E-state index < -0.39 is 6.61 Å². The second kappa shape index (κ2) is 13.6. The summed E-state index contributed by atoms with van der Waals surface area (Å²) in [6.45, 7) is 0.721. The van der Waals surface area contributed by atoms with Crippen LogP contribution in [0.3, 0.4) is 0 Å². The highest BCUT2D eigenvalue weighted by Crippen LogP contribution is 2.32. The highest BCUT2D eigenvalue weighted by atomic mass is 127. The molecule has 7 nitrogen and oxygen atoms in total. The van der Waals surface area contributed by atoms with Gasteiger partial charge in [-0.15, -0.1) is 24.0 Å². The SMILES string of the molecule is CCOc1cccc(CNC(=NC)NCc2cccc(Cn3ccnc3)c2)c1OC(F)F.I. The van der Waals surface area contributed by atoms with Gasteiger partial charge in [-0.2, -0.15) is 8.78 Å². The molecule has 0 spiro atoms. The van der Waals surface area contributed by atoms with E-state index in [1.54, 1.807) is 44.7 Å². The van der Waals surface area contributed by atoms with Gasteiger partial charge in [0.25, 0.3) is 0 Å². The smallest absolute Gasteiger partial charge is 0.387 e. The van der Waals surface area contributed by atoms with E-state index in [1.807, 2.05) is 22.9 Å². The average molecular weight is 571 g/mol. The molecule has 1 heterocycles. The summed E-state index contributed by atoms with van der Waals surface area (Å²) in [6.07, 6.45) is 5.45. The fraction of sp³-hybridized carbons (Fsp3) is 0.304. The van der Waals surface area contributed by atoms with Gasteiger partial charge >= 0.3 is 6.61 Å². The summed E-state index contributed by atoms with van der Waals surface area (Å²) in [5.74, 6) is 0.846. The second-order valence-corrected chi connectivity index (χ2v) is 6.89. The Morgan fingerprint density at radius 1 is 1.12 bits per heavy atom. The van der Waals surface area contributed by atoms with Gasteiger partial charge < -0.3 is 24.7 Å². The van der Waals surface area contributed by atoms with Gasteiger partial charge in [-0.1, -0.05) is 36.4 Å². The van der Waals surface area contributed by atoms with E-state index in [0.717, 1.165) is 17.7 Å². The van der Waals surface area contributed by atoms with Crippen molar-refractivity contribution < 1.29 is 18.3 Å². The predicted molar refractivity (Wildman–Crippen MR) is 134 cm³/mol. The summed E-state index contributed by atoms with van der Waals surface area (Å²) in [5, 5.41) is 6.38. The van der Waals surface area contributed by atoms with E-state index in [1.165, 1.54) is 0 Å². The number of benzene rings is 2. The molecule has 0 amide bonds. The third-order valence-electron chi connectivity index (χ3n) is 4.61.